The number of β-amino-alcohol motifs (C(OH)–C–C–N with tert-alkyl or cyclic N) is 1. The number of nitrogens with zero attached hydrogens (tertiary/aromatic N) is 1. The summed E-state index contributed by atoms with van der Waals surface area (Å²) in [6.07, 6.45) is 0.677. The number of amides is 3. The van der Waals surface area contributed by atoms with Crippen LogP contribution in [0.2, 0.25) is 0 Å². The molecule has 1 aliphatic rings. The second kappa shape index (κ2) is 16.6. The highest BCUT2D eigenvalue weighted by atomic mass is 16.6. The Labute approximate surface area is 245 Å². The van der Waals surface area contributed by atoms with Gasteiger partial charge >= 0.3 is 12.2 Å². The van der Waals surface area contributed by atoms with Gasteiger partial charge in [0.05, 0.1) is 12.1 Å². The van der Waals surface area contributed by atoms with Gasteiger partial charge in [-0.1, -0.05) is 58.0 Å². The molecule has 1 aromatic carbocycles. The standard InChI is InChI=1S/C31H52N4O6/c1-21(2)16-24(32-29(38)40-20-23-12-9-8-10-13-23)18-35-15-11-14-25(27(36)19-35)33-28(37)26(17-22(3)4)34-30(39)41-31(5,6)7/h8-10,12-13,21-22,24-27,36H,11,14-20H2,1-7H3,(H,32,38)(H,33,37)(H,34,39)/t24-,25?,26-,27?/m0/s1. The maximum absolute atomic E-state index is 13.2. The van der Waals surface area contributed by atoms with Crippen LogP contribution in [0.25, 0.3) is 0 Å². The number of rotatable bonds is 12. The first-order chi connectivity index (χ1) is 19.2. The lowest BCUT2D eigenvalue weighted by atomic mass is 10.0. The second-order valence-electron chi connectivity index (χ2n) is 12.9. The topological polar surface area (TPSA) is 129 Å². The van der Waals surface area contributed by atoms with Crippen LogP contribution in [0.15, 0.2) is 30.3 Å². The molecule has 10 nitrogen and oxygen atoms in total. The van der Waals surface area contributed by atoms with E-state index in [-0.39, 0.29) is 24.5 Å². The SMILES string of the molecule is CC(C)C[C@@H](CN1CCCC(NC(=O)[C@H](CC(C)C)NC(=O)OC(C)(C)C)C(O)C1)NC(=O)OCc1ccccc1. The summed E-state index contributed by atoms with van der Waals surface area (Å²) in [5, 5.41) is 19.8. The van der Waals surface area contributed by atoms with Gasteiger partial charge in [-0.2, -0.15) is 0 Å². The first-order valence-corrected chi connectivity index (χ1v) is 14.9. The molecule has 2 rings (SSSR count). The van der Waals surface area contributed by atoms with E-state index < -0.39 is 36.0 Å². The third-order valence-corrected chi connectivity index (χ3v) is 6.71. The van der Waals surface area contributed by atoms with Crippen LogP contribution in [0.4, 0.5) is 9.59 Å². The van der Waals surface area contributed by atoms with Gasteiger partial charge < -0.3 is 30.5 Å². The first-order valence-electron chi connectivity index (χ1n) is 14.9. The summed E-state index contributed by atoms with van der Waals surface area (Å²) in [6, 6.07) is 8.18. The average Bonchev–Trinajstić information content (AvgIpc) is 3.01. The minimum atomic E-state index is -0.799. The van der Waals surface area contributed by atoms with Crippen LogP contribution in [0, 0.1) is 11.8 Å². The van der Waals surface area contributed by atoms with Gasteiger partial charge in [-0.3, -0.25) is 9.69 Å². The summed E-state index contributed by atoms with van der Waals surface area (Å²) >= 11 is 0. The molecule has 0 saturated carbocycles. The number of benzene rings is 1. The van der Waals surface area contributed by atoms with Gasteiger partial charge in [0.25, 0.3) is 0 Å². The van der Waals surface area contributed by atoms with Gasteiger partial charge in [-0.05, 0) is 70.4 Å². The summed E-state index contributed by atoms with van der Waals surface area (Å²) in [5.41, 5.74) is 0.244. The summed E-state index contributed by atoms with van der Waals surface area (Å²) in [6.45, 7) is 15.3. The number of aliphatic hydroxyl groups excluding tert-OH is 1. The zero-order valence-electron chi connectivity index (χ0n) is 25.9. The quantitative estimate of drug-likeness (QED) is 0.293. The van der Waals surface area contributed by atoms with Gasteiger partial charge in [-0.25, -0.2) is 9.59 Å². The number of nitrogens with one attached hydrogen (secondary N) is 3. The Morgan fingerprint density at radius 3 is 2.27 bits per heavy atom. The maximum atomic E-state index is 13.2. The van der Waals surface area contributed by atoms with Gasteiger partial charge in [-0.15, -0.1) is 0 Å². The van der Waals surface area contributed by atoms with Crippen LogP contribution < -0.4 is 16.0 Å². The molecule has 0 aliphatic carbocycles. The highest BCUT2D eigenvalue weighted by molar-refractivity contribution is 5.86. The Hall–Kier alpha value is -2.85. The van der Waals surface area contributed by atoms with Crippen LogP contribution in [-0.4, -0.2) is 77.6 Å². The van der Waals surface area contributed by atoms with Crippen molar-refractivity contribution in [2.75, 3.05) is 19.6 Å². The monoisotopic (exact) mass is 576 g/mol. The van der Waals surface area contributed by atoms with Crippen molar-refractivity contribution in [1.82, 2.24) is 20.9 Å². The van der Waals surface area contributed by atoms with E-state index >= 15 is 0 Å². The van der Waals surface area contributed by atoms with E-state index in [1.807, 2.05) is 44.2 Å². The fraction of sp³-hybridized carbons (Fsp3) is 0.710. The first kappa shape index (κ1) is 34.4. The minimum Gasteiger partial charge on any atom is -0.445 e. The van der Waals surface area contributed by atoms with E-state index in [1.54, 1.807) is 20.8 Å². The highest BCUT2D eigenvalue weighted by Crippen LogP contribution is 2.16. The molecule has 1 saturated heterocycles. The molecular formula is C31H52N4O6. The van der Waals surface area contributed by atoms with E-state index in [2.05, 4.69) is 34.7 Å². The van der Waals surface area contributed by atoms with Crippen molar-refractivity contribution in [3.8, 4) is 0 Å². The van der Waals surface area contributed by atoms with Crippen molar-refractivity contribution >= 4 is 18.1 Å². The Bertz CT molecular complexity index is 950. The van der Waals surface area contributed by atoms with Crippen molar-refractivity contribution in [3.63, 3.8) is 0 Å². The van der Waals surface area contributed by atoms with Crippen LogP contribution in [0.3, 0.4) is 0 Å². The fourth-order valence-electron chi connectivity index (χ4n) is 4.97. The van der Waals surface area contributed by atoms with E-state index in [0.29, 0.717) is 31.8 Å². The molecule has 0 spiro atoms. The number of hydrogen-bond acceptors (Lipinski definition) is 7. The van der Waals surface area contributed by atoms with Gasteiger partial charge in [0.2, 0.25) is 5.91 Å². The Morgan fingerprint density at radius 1 is 1.00 bits per heavy atom. The molecule has 10 heteroatoms. The Balaban J connectivity index is 1.95. The van der Waals surface area contributed by atoms with Crippen LogP contribution in [0.1, 0.15) is 79.7 Å². The molecule has 1 fully saturated rings. The largest absolute Gasteiger partial charge is 0.445 e. The van der Waals surface area contributed by atoms with Crippen molar-refractivity contribution < 1.29 is 29.0 Å². The minimum absolute atomic E-state index is 0.148. The second-order valence-corrected chi connectivity index (χ2v) is 12.9. The molecule has 4 atom stereocenters. The van der Waals surface area contributed by atoms with E-state index in [9.17, 15) is 19.5 Å². The van der Waals surface area contributed by atoms with Gasteiger partial charge in [0.15, 0.2) is 0 Å². The molecule has 1 aliphatic heterocycles. The van der Waals surface area contributed by atoms with Crippen molar-refractivity contribution in [1.29, 1.82) is 0 Å². The molecule has 2 unspecified atom stereocenters. The van der Waals surface area contributed by atoms with Crippen molar-refractivity contribution in [3.05, 3.63) is 35.9 Å². The molecule has 0 bridgehead atoms. The predicted molar refractivity (Wildman–Crippen MR) is 159 cm³/mol. The number of carbonyl (C=O) groups excluding carboxylic acids is 3. The van der Waals surface area contributed by atoms with Crippen LogP contribution >= 0.6 is 0 Å². The smallest absolute Gasteiger partial charge is 0.408 e. The normalized spacial score (nSPS) is 19.7. The Kier molecular flexibility index (Phi) is 13.9. The van der Waals surface area contributed by atoms with Gasteiger partial charge in [0, 0.05) is 19.1 Å². The maximum Gasteiger partial charge on any atom is 0.408 e. The zero-order chi connectivity index (χ0) is 30.6. The van der Waals surface area contributed by atoms with E-state index in [4.69, 9.17) is 9.47 Å². The van der Waals surface area contributed by atoms with Crippen molar-refractivity contribution in [2.24, 2.45) is 11.8 Å². The van der Waals surface area contributed by atoms with Gasteiger partial charge in [0.1, 0.15) is 18.2 Å². The lowest BCUT2D eigenvalue weighted by Gasteiger charge is -2.30. The Morgan fingerprint density at radius 2 is 1.66 bits per heavy atom. The summed E-state index contributed by atoms with van der Waals surface area (Å²) < 4.78 is 10.8. The lowest BCUT2D eigenvalue weighted by Crippen LogP contribution is -2.54. The van der Waals surface area contributed by atoms with Crippen LogP contribution in [0.5, 0.6) is 0 Å². The molecule has 41 heavy (non-hydrogen) atoms. The molecular weight excluding hydrogens is 524 g/mol. The van der Waals surface area contributed by atoms with E-state index in [0.717, 1.165) is 24.9 Å². The third-order valence-electron chi connectivity index (χ3n) is 6.71. The number of carbonyl (C=O) groups is 3. The molecule has 1 aromatic rings. The number of alkyl carbamates (subject to hydrolysis) is 2. The summed E-state index contributed by atoms with van der Waals surface area (Å²) in [4.78, 5) is 40.3. The average molecular weight is 577 g/mol. The summed E-state index contributed by atoms with van der Waals surface area (Å²) in [7, 11) is 0. The van der Waals surface area contributed by atoms with Crippen LogP contribution in [-0.2, 0) is 20.9 Å². The molecule has 3 amide bonds. The van der Waals surface area contributed by atoms with Crippen molar-refractivity contribution in [2.45, 2.75) is 111 Å². The number of likely N-dealkylation sites (tertiary alicyclic amines) is 1. The molecule has 0 radical (unpaired) electrons. The number of aliphatic hydroxyl groups is 1. The molecule has 0 aromatic heterocycles. The molecule has 1 heterocycles. The fourth-order valence-corrected chi connectivity index (χ4v) is 4.97. The molecule has 232 valence electrons. The number of hydrogen-bond donors (Lipinski definition) is 4. The van der Waals surface area contributed by atoms with E-state index in [1.165, 1.54) is 0 Å². The predicted octanol–water partition coefficient (Wildman–Crippen LogP) is 4.21. The lowest BCUT2D eigenvalue weighted by molar-refractivity contribution is -0.125. The third kappa shape index (κ3) is 14.1. The highest BCUT2D eigenvalue weighted by Gasteiger charge is 2.32. The zero-order valence-corrected chi connectivity index (χ0v) is 25.9. The summed E-state index contributed by atoms with van der Waals surface area (Å²) in [5.74, 6) is 0.191. The number of ether oxygens (including phenoxy) is 2. The molecule has 4 N–H and O–H groups in total.